The molecule has 0 saturated carbocycles. The van der Waals surface area contributed by atoms with Gasteiger partial charge in [0.2, 0.25) is 15.9 Å². The van der Waals surface area contributed by atoms with Crippen molar-refractivity contribution < 1.29 is 22.7 Å². The molecule has 156 valence electrons. The van der Waals surface area contributed by atoms with Gasteiger partial charge < -0.3 is 14.8 Å². The van der Waals surface area contributed by atoms with Crippen molar-refractivity contribution in [1.29, 1.82) is 0 Å². The van der Waals surface area contributed by atoms with Crippen LogP contribution in [0.1, 0.15) is 24.5 Å². The number of carbonyl (C=O) groups excluding carboxylic acids is 1. The fourth-order valence-electron chi connectivity index (χ4n) is 3.44. The SMILES string of the molecule is CCS(=O)(=O)N1CCCc2ccc(NC(=O)Cc3ccc(OC)c(OC)c3)cc21. The molecular formula is C21H26N2O5S. The number of fused-ring (bicyclic) bond motifs is 1. The van der Waals surface area contributed by atoms with Gasteiger partial charge in [-0.3, -0.25) is 9.10 Å². The van der Waals surface area contributed by atoms with Crippen LogP contribution in [0.4, 0.5) is 11.4 Å². The van der Waals surface area contributed by atoms with Crippen LogP contribution in [0, 0.1) is 0 Å². The summed E-state index contributed by atoms with van der Waals surface area (Å²) in [5.41, 5.74) is 2.99. The molecule has 0 aromatic heterocycles. The van der Waals surface area contributed by atoms with Crippen LogP contribution < -0.4 is 19.1 Å². The minimum Gasteiger partial charge on any atom is -0.493 e. The van der Waals surface area contributed by atoms with Crippen molar-refractivity contribution >= 4 is 27.3 Å². The van der Waals surface area contributed by atoms with Gasteiger partial charge in [-0.25, -0.2) is 8.42 Å². The van der Waals surface area contributed by atoms with E-state index in [2.05, 4.69) is 5.32 Å². The zero-order valence-electron chi connectivity index (χ0n) is 16.9. The van der Waals surface area contributed by atoms with Gasteiger partial charge in [0.1, 0.15) is 0 Å². The maximum Gasteiger partial charge on any atom is 0.234 e. The number of methoxy groups -OCH3 is 2. The number of amides is 1. The number of nitrogens with one attached hydrogen (secondary N) is 1. The normalized spacial score (nSPS) is 13.6. The summed E-state index contributed by atoms with van der Waals surface area (Å²) in [6, 6.07) is 10.8. The summed E-state index contributed by atoms with van der Waals surface area (Å²) in [5.74, 6) is 1.01. The summed E-state index contributed by atoms with van der Waals surface area (Å²) in [5, 5.41) is 2.86. The Morgan fingerprint density at radius 1 is 1.10 bits per heavy atom. The van der Waals surface area contributed by atoms with Gasteiger partial charge in [-0.1, -0.05) is 12.1 Å². The number of rotatable bonds is 7. The number of benzene rings is 2. The lowest BCUT2D eigenvalue weighted by molar-refractivity contribution is -0.115. The third-order valence-electron chi connectivity index (χ3n) is 4.96. The second kappa shape index (κ2) is 8.73. The fourth-order valence-corrected chi connectivity index (χ4v) is 4.63. The van der Waals surface area contributed by atoms with Gasteiger partial charge in [-0.2, -0.15) is 0 Å². The second-order valence-electron chi connectivity index (χ2n) is 6.83. The molecule has 0 atom stereocenters. The molecule has 0 aliphatic carbocycles. The van der Waals surface area contributed by atoms with Crippen LogP contribution in [-0.2, 0) is 27.7 Å². The third kappa shape index (κ3) is 4.64. The predicted molar refractivity (Wildman–Crippen MR) is 113 cm³/mol. The molecule has 1 amide bonds. The van der Waals surface area contributed by atoms with Crippen molar-refractivity contribution in [2.24, 2.45) is 0 Å². The molecule has 1 aliphatic rings. The Hall–Kier alpha value is -2.74. The van der Waals surface area contributed by atoms with E-state index in [1.165, 1.54) is 4.31 Å². The third-order valence-corrected chi connectivity index (χ3v) is 6.74. The summed E-state index contributed by atoms with van der Waals surface area (Å²) in [4.78, 5) is 12.5. The van der Waals surface area contributed by atoms with E-state index in [0.29, 0.717) is 29.4 Å². The average molecular weight is 419 g/mol. The number of hydrogen-bond acceptors (Lipinski definition) is 5. The molecule has 0 fully saturated rings. The highest BCUT2D eigenvalue weighted by molar-refractivity contribution is 7.92. The lowest BCUT2D eigenvalue weighted by Gasteiger charge is -2.30. The Kier molecular flexibility index (Phi) is 6.32. The Morgan fingerprint density at radius 3 is 2.55 bits per heavy atom. The Morgan fingerprint density at radius 2 is 1.86 bits per heavy atom. The first-order valence-electron chi connectivity index (χ1n) is 9.52. The Labute approximate surface area is 171 Å². The summed E-state index contributed by atoms with van der Waals surface area (Å²) < 4.78 is 36.8. The Balaban J connectivity index is 1.77. The van der Waals surface area contributed by atoms with Crippen LogP contribution in [0.15, 0.2) is 36.4 Å². The molecule has 1 aliphatic heterocycles. The highest BCUT2D eigenvalue weighted by atomic mass is 32.2. The van der Waals surface area contributed by atoms with Gasteiger partial charge in [0, 0.05) is 12.2 Å². The molecule has 3 rings (SSSR count). The quantitative estimate of drug-likeness (QED) is 0.747. The predicted octanol–water partition coefficient (Wildman–Crippen LogP) is 2.99. The van der Waals surface area contributed by atoms with Gasteiger partial charge in [0.05, 0.1) is 32.1 Å². The summed E-state index contributed by atoms with van der Waals surface area (Å²) in [6.07, 6.45) is 1.77. The molecule has 0 spiro atoms. The molecule has 2 aromatic carbocycles. The van der Waals surface area contributed by atoms with Crippen LogP contribution in [-0.4, -0.2) is 40.8 Å². The fraction of sp³-hybridized carbons (Fsp3) is 0.381. The molecule has 8 heteroatoms. The minimum absolute atomic E-state index is 0.0440. The molecule has 2 aromatic rings. The van der Waals surface area contributed by atoms with Crippen LogP contribution in [0.25, 0.3) is 0 Å². The molecule has 0 unspecified atom stereocenters. The molecular weight excluding hydrogens is 392 g/mol. The highest BCUT2D eigenvalue weighted by Crippen LogP contribution is 2.32. The lowest BCUT2D eigenvalue weighted by atomic mass is 10.0. The van der Waals surface area contributed by atoms with E-state index in [9.17, 15) is 13.2 Å². The molecule has 29 heavy (non-hydrogen) atoms. The monoisotopic (exact) mass is 418 g/mol. The van der Waals surface area contributed by atoms with Crippen LogP contribution >= 0.6 is 0 Å². The van der Waals surface area contributed by atoms with Crippen LogP contribution in [0.2, 0.25) is 0 Å². The zero-order valence-corrected chi connectivity index (χ0v) is 17.7. The van der Waals surface area contributed by atoms with Crippen molar-refractivity contribution in [2.75, 3.05) is 36.1 Å². The van der Waals surface area contributed by atoms with E-state index in [-0.39, 0.29) is 18.1 Å². The van der Waals surface area contributed by atoms with Crippen molar-refractivity contribution in [3.8, 4) is 11.5 Å². The maximum atomic E-state index is 12.5. The molecule has 1 heterocycles. The number of hydrogen-bond donors (Lipinski definition) is 1. The van der Waals surface area contributed by atoms with Gasteiger partial charge in [-0.05, 0) is 55.2 Å². The molecule has 0 saturated heterocycles. The lowest BCUT2D eigenvalue weighted by Crippen LogP contribution is -2.36. The zero-order chi connectivity index (χ0) is 21.0. The van der Waals surface area contributed by atoms with Gasteiger partial charge in [0.25, 0.3) is 0 Å². The van der Waals surface area contributed by atoms with E-state index in [1.807, 2.05) is 18.2 Å². The van der Waals surface area contributed by atoms with Gasteiger partial charge >= 0.3 is 0 Å². The topological polar surface area (TPSA) is 84.9 Å². The smallest absolute Gasteiger partial charge is 0.234 e. The van der Waals surface area contributed by atoms with E-state index in [0.717, 1.165) is 24.0 Å². The number of anilines is 2. The number of nitrogens with zero attached hydrogens (tertiary/aromatic N) is 1. The van der Waals surface area contributed by atoms with E-state index < -0.39 is 10.0 Å². The average Bonchev–Trinajstić information content (AvgIpc) is 2.72. The minimum atomic E-state index is -3.35. The van der Waals surface area contributed by atoms with E-state index >= 15 is 0 Å². The van der Waals surface area contributed by atoms with Crippen molar-refractivity contribution in [3.63, 3.8) is 0 Å². The van der Waals surface area contributed by atoms with Gasteiger partial charge in [-0.15, -0.1) is 0 Å². The number of carbonyl (C=O) groups is 1. The van der Waals surface area contributed by atoms with E-state index in [4.69, 9.17) is 9.47 Å². The Bertz CT molecular complexity index is 1000. The van der Waals surface area contributed by atoms with Crippen molar-refractivity contribution in [1.82, 2.24) is 0 Å². The first-order valence-corrected chi connectivity index (χ1v) is 11.1. The summed E-state index contributed by atoms with van der Waals surface area (Å²) in [7, 11) is -0.243. The van der Waals surface area contributed by atoms with Crippen LogP contribution in [0.5, 0.6) is 11.5 Å². The largest absolute Gasteiger partial charge is 0.493 e. The molecule has 1 N–H and O–H groups in total. The summed E-state index contributed by atoms with van der Waals surface area (Å²) in [6.45, 7) is 2.10. The molecule has 0 radical (unpaired) electrons. The maximum absolute atomic E-state index is 12.5. The highest BCUT2D eigenvalue weighted by Gasteiger charge is 2.26. The summed E-state index contributed by atoms with van der Waals surface area (Å²) >= 11 is 0. The first kappa shape index (κ1) is 21.0. The van der Waals surface area contributed by atoms with Crippen molar-refractivity contribution in [2.45, 2.75) is 26.2 Å². The standard InChI is InChI=1S/C21H26N2O5S/c1-4-29(25,26)23-11-5-6-16-8-9-17(14-18(16)23)22-21(24)13-15-7-10-19(27-2)20(12-15)28-3/h7-10,12,14H,4-6,11,13H2,1-3H3,(H,22,24). The van der Waals surface area contributed by atoms with Crippen molar-refractivity contribution in [3.05, 3.63) is 47.5 Å². The van der Waals surface area contributed by atoms with E-state index in [1.54, 1.807) is 39.3 Å². The number of sulfonamides is 1. The first-order chi connectivity index (χ1) is 13.9. The number of aryl methyl sites for hydroxylation is 1. The van der Waals surface area contributed by atoms with Gasteiger partial charge in [0.15, 0.2) is 11.5 Å². The van der Waals surface area contributed by atoms with Crippen LogP contribution in [0.3, 0.4) is 0 Å². The second-order valence-corrected chi connectivity index (χ2v) is 9.02. The molecule has 7 nitrogen and oxygen atoms in total. The number of ether oxygens (including phenoxy) is 2. The molecule has 0 bridgehead atoms.